The van der Waals surface area contributed by atoms with E-state index in [0.29, 0.717) is 5.57 Å². The number of thiocarbonyl (C=S) groups is 1. The molecule has 0 spiro atoms. The molecule has 0 N–H and O–H groups in total. The molecule has 0 unspecified atom stereocenters. The van der Waals surface area contributed by atoms with Crippen LogP contribution in [0.15, 0.2) is 11.6 Å². The van der Waals surface area contributed by atoms with Crippen molar-refractivity contribution in [1.82, 2.24) is 0 Å². The zero-order valence-corrected chi connectivity index (χ0v) is 7.24. The van der Waals surface area contributed by atoms with Crippen LogP contribution in [-0.4, -0.2) is 17.9 Å². The number of carbonyl (C=O) groups excluding carboxylic acids is 1. The van der Waals surface area contributed by atoms with Gasteiger partial charge in [-0.2, -0.15) is 0 Å². The average molecular weight is 170 g/mol. The summed E-state index contributed by atoms with van der Waals surface area (Å²) in [6, 6.07) is 0. The molecule has 0 aliphatic heterocycles. The first-order chi connectivity index (χ1) is 5.25. The van der Waals surface area contributed by atoms with Crippen molar-refractivity contribution in [3.05, 3.63) is 11.6 Å². The summed E-state index contributed by atoms with van der Waals surface area (Å²) in [5.41, 5.74) is 0.591. The first-order valence-corrected chi connectivity index (χ1v) is 3.98. The molecular formula is C8H10O2S. The molecule has 0 aromatic carbocycles. The van der Waals surface area contributed by atoms with Crippen LogP contribution in [0.2, 0.25) is 0 Å². The lowest BCUT2D eigenvalue weighted by Gasteiger charge is -2.11. The Bertz CT molecular complexity index is 218. The first kappa shape index (κ1) is 8.40. The van der Waals surface area contributed by atoms with Crippen LogP contribution in [0.25, 0.3) is 0 Å². The summed E-state index contributed by atoms with van der Waals surface area (Å²) in [7, 11) is 1.38. The van der Waals surface area contributed by atoms with Gasteiger partial charge in [0.25, 0.3) is 0 Å². The SMILES string of the molecule is COC(=O)C1=CCCCC1=S. The summed E-state index contributed by atoms with van der Waals surface area (Å²) in [5, 5.41) is 0. The topological polar surface area (TPSA) is 26.3 Å². The Kier molecular flexibility index (Phi) is 2.76. The van der Waals surface area contributed by atoms with E-state index in [0.717, 1.165) is 24.1 Å². The Morgan fingerprint density at radius 2 is 2.45 bits per heavy atom. The zero-order chi connectivity index (χ0) is 8.27. The second kappa shape index (κ2) is 3.62. The Hall–Kier alpha value is -0.700. The lowest BCUT2D eigenvalue weighted by molar-refractivity contribution is -0.135. The van der Waals surface area contributed by atoms with Crippen LogP contribution < -0.4 is 0 Å². The molecule has 0 amide bonds. The van der Waals surface area contributed by atoms with Gasteiger partial charge in [-0.25, -0.2) is 4.79 Å². The van der Waals surface area contributed by atoms with Crippen molar-refractivity contribution >= 4 is 23.1 Å². The number of esters is 1. The number of ether oxygens (including phenoxy) is 1. The molecule has 2 nitrogen and oxygen atoms in total. The third-order valence-corrected chi connectivity index (χ3v) is 2.09. The van der Waals surface area contributed by atoms with E-state index in [1.807, 2.05) is 6.08 Å². The van der Waals surface area contributed by atoms with Crippen molar-refractivity contribution in [1.29, 1.82) is 0 Å². The summed E-state index contributed by atoms with van der Waals surface area (Å²) < 4.78 is 4.57. The van der Waals surface area contributed by atoms with Crippen LogP contribution in [0.1, 0.15) is 19.3 Å². The molecule has 0 aromatic rings. The summed E-state index contributed by atoms with van der Waals surface area (Å²) in [6.45, 7) is 0. The molecule has 1 aliphatic rings. The van der Waals surface area contributed by atoms with Gasteiger partial charge < -0.3 is 4.74 Å². The largest absolute Gasteiger partial charge is 0.465 e. The quantitative estimate of drug-likeness (QED) is 0.442. The van der Waals surface area contributed by atoms with Crippen molar-refractivity contribution < 1.29 is 9.53 Å². The van der Waals surface area contributed by atoms with Crippen molar-refractivity contribution in [2.45, 2.75) is 19.3 Å². The van der Waals surface area contributed by atoms with Gasteiger partial charge in [0.2, 0.25) is 0 Å². The Balaban J connectivity index is 2.75. The molecule has 60 valence electrons. The molecule has 1 rings (SSSR count). The third kappa shape index (κ3) is 1.87. The Morgan fingerprint density at radius 1 is 1.73 bits per heavy atom. The predicted molar refractivity (Wildman–Crippen MR) is 46.5 cm³/mol. The lowest BCUT2D eigenvalue weighted by atomic mass is 10.00. The number of methoxy groups -OCH3 is 1. The highest BCUT2D eigenvalue weighted by atomic mass is 32.1. The molecule has 1 aliphatic carbocycles. The highest BCUT2D eigenvalue weighted by Gasteiger charge is 2.16. The molecule has 0 heterocycles. The summed E-state index contributed by atoms with van der Waals surface area (Å²) in [4.78, 5) is 11.7. The number of carbonyl (C=O) groups is 1. The molecule has 0 saturated carbocycles. The number of rotatable bonds is 1. The van der Waals surface area contributed by atoms with E-state index in [2.05, 4.69) is 4.74 Å². The summed E-state index contributed by atoms with van der Waals surface area (Å²) in [5.74, 6) is -0.297. The minimum atomic E-state index is -0.297. The van der Waals surface area contributed by atoms with Crippen LogP contribution >= 0.6 is 12.2 Å². The average Bonchev–Trinajstić information content (AvgIpc) is 2.04. The van der Waals surface area contributed by atoms with Gasteiger partial charge in [0.05, 0.1) is 12.7 Å². The molecule has 0 fully saturated rings. The molecule has 0 atom stereocenters. The number of hydrogen-bond acceptors (Lipinski definition) is 3. The summed E-state index contributed by atoms with van der Waals surface area (Å²) in [6.07, 6.45) is 4.69. The predicted octanol–water partition coefficient (Wildman–Crippen LogP) is 1.64. The minimum absolute atomic E-state index is 0.297. The van der Waals surface area contributed by atoms with Crippen molar-refractivity contribution in [2.24, 2.45) is 0 Å². The fourth-order valence-electron chi connectivity index (χ4n) is 1.06. The fourth-order valence-corrected chi connectivity index (χ4v) is 1.38. The first-order valence-electron chi connectivity index (χ1n) is 3.57. The van der Waals surface area contributed by atoms with E-state index in [-0.39, 0.29) is 5.97 Å². The van der Waals surface area contributed by atoms with E-state index >= 15 is 0 Å². The summed E-state index contributed by atoms with van der Waals surface area (Å²) >= 11 is 5.00. The van der Waals surface area contributed by atoms with Crippen molar-refractivity contribution in [3.63, 3.8) is 0 Å². The van der Waals surface area contributed by atoms with Gasteiger partial charge in [-0.3, -0.25) is 0 Å². The number of hydrogen-bond donors (Lipinski definition) is 0. The van der Waals surface area contributed by atoms with Gasteiger partial charge >= 0.3 is 5.97 Å². The Labute approximate surface area is 71.2 Å². The molecule has 0 saturated heterocycles. The van der Waals surface area contributed by atoms with E-state index in [4.69, 9.17) is 12.2 Å². The molecule has 0 radical (unpaired) electrons. The van der Waals surface area contributed by atoms with Crippen molar-refractivity contribution in [3.8, 4) is 0 Å². The van der Waals surface area contributed by atoms with Crippen LogP contribution in [0.4, 0.5) is 0 Å². The highest BCUT2D eigenvalue weighted by Crippen LogP contribution is 2.16. The molecule has 0 aromatic heterocycles. The van der Waals surface area contributed by atoms with Crippen LogP contribution in [-0.2, 0) is 9.53 Å². The number of allylic oxidation sites excluding steroid dienone is 1. The van der Waals surface area contributed by atoms with Crippen LogP contribution in [0, 0.1) is 0 Å². The van der Waals surface area contributed by atoms with E-state index in [1.54, 1.807) is 0 Å². The third-order valence-electron chi connectivity index (χ3n) is 1.66. The Morgan fingerprint density at radius 3 is 3.00 bits per heavy atom. The van der Waals surface area contributed by atoms with Crippen LogP contribution in [0.3, 0.4) is 0 Å². The van der Waals surface area contributed by atoms with E-state index < -0.39 is 0 Å². The molecule has 11 heavy (non-hydrogen) atoms. The van der Waals surface area contributed by atoms with Gasteiger partial charge in [0, 0.05) is 4.86 Å². The second-order valence-corrected chi connectivity index (χ2v) is 2.92. The van der Waals surface area contributed by atoms with Gasteiger partial charge in [-0.15, -0.1) is 0 Å². The minimum Gasteiger partial charge on any atom is -0.465 e. The second-order valence-electron chi connectivity index (χ2n) is 2.42. The van der Waals surface area contributed by atoms with Gasteiger partial charge in [0.15, 0.2) is 0 Å². The van der Waals surface area contributed by atoms with Gasteiger partial charge in [-0.1, -0.05) is 18.3 Å². The van der Waals surface area contributed by atoms with E-state index in [9.17, 15) is 4.79 Å². The molecular weight excluding hydrogens is 160 g/mol. The standard InChI is InChI=1S/C8H10O2S/c1-10-8(9)6-4-2-3-5-7(6)11/h4H,2-3,5H2,1H3. The van der Waals surface area contributed by atoms with Crippen molar-refractivity contribution in [2.75, 3.05) is 7.11 Å². The van der Waals surface area contributed by atoms with Gasteiger partial charge in [-0.05, 0) is 19.3 Å². The van der Waals surface area contributed by atoms with Gasteiger partial charge in [0.1, 0.15) is 0 Å². The highest BCUT2D eigenvalue weighted by molar-refractivity contribution is 7.81. The molecule has 0 bridgehead atoms. The molecule has 3 heteroatoms. The maximum Gasteiger partial charge on any atom is 0.338 e. The zero-order valence-electron chi connectivity index (χ0n) is 6.42. The maximum absolute atomic E-state index is 11.0. The maximum atomic E-state index is 11.0. The normalized spacial score (nSPS) is 17.5. The fraction of sp³-hybridized carbons (Fsp3) is 0.500. The smallest absolute Gasteiger partial charge is 0.338 e. The lowest BCUT2D eigenvalue weighted by Crippen LogP contribution is -2.15. The van der Waals surface area contributed by atoms with E-state index in [1.165, 1.54) is 7.11 Å². The van der Waals surface area contributed by atoms with Crippen LogP contribution in [0.5, 0.6) is 0 Å². The monoisotopic (exact) mass is 170 g/mol.